The predicted molar refractivity (Wildman–Crippen MR) is 71.6 cm³/mol. The number of furan rings is 1. The van der Waals surface area contributed by atoms with Crippen molar-refractivity contribution in [3.63, 3.8) is 0 Å². The molecule has 1 rings (SSSR count). The minimum atomic E-state index is -3.58. The van der Waals surface area contributed by atoms with Crippen LogP contribution in [0.25, 0.3) is 0 Å². The molecule has 0 aliphatic heterocycles. The Bertz CT molecular complexity index is 497. The Morgan fingerprint density at radius 3 is 2.61 bits per heavy atom. The van der Waals surface area contributed by atoms with Crippen LogP contribution in [0.15, 0.2) is 20.0 Å². The number of rotatable bonds is 6. The fraction of sp³-hybridized carbons (Fsp3) is 0.636. The largest absolute Gasteiger partial charge is 0.450 e. The van der Waals surface area contributed by atoms with Gasteiger partial charge in [-0.05, 0) is 21.8 Å². The van der Waals surface area contributed by atoms with Gasteiger partial charge in [-0.25, -0.2) is 12.7 Å². The van der Waals surface area contributed by atoms with E-state index in [-0.39, 0.29) is 27.9 Å². The average Bonchev–Trinajstić information content (AvgIpc) is 2.70. The number of hydrogen-bond acceptors (Lipinski definition) is 4. The molecule has 18 heavy (non-hydrogen) atoms. The molecule has 0 fully saturated rings. The second-order valence-electron chi connectivity index (χ2n) is 4.31. The van der Waals surface area contributed by atoms with Gasteiger partial charge in [-0.1, -0.05) is 20.3 Å². The topological polar surface area (TPSA) is 70.8 Å². The summed E-state index contributed by atoms with van der Waals surface area (Å²) in [6.45, 7) is 4.13. The van der Waals surface area contributed by atoms with Crippen LogP contribution in [0.4, 0.5) is 0 Å². The zero-order chi connectivity index (χ0) is 13.9. The van der Waals surface area contributed by atoms with E-state index in [1.807, 2.05) is 13.8 Å². The summed E-state index contributed by atoms with van der Waals surface area (Å²) in [4.78, 5) is 0.0531. The Morgan fingerprint density at radius 1 is 1.56 bits per heavy atom. The highest BCUT2D eigenvalue weighted by Gasteiger charge is 2.27. The van der Waals surface area contributed by atoms with E-state index in [9.17, 15) is 8.42 Å². The average molecular weight is 340 g/mol. The highest BCUT2D eigenvalue weighted by atomic mass is 79.9. The third-order valence-electron chi connectivity index (χ3n) is 2.82. The first-order valence-electron chi connectivity index (χ1n) is 5.68. The number of aliphatic hydroxyl groups is 1. The van der Waals surface area contributed by atoms with E-state index >= 15 is 0 Å². The molecule has 7 heteroatoms. The molecule has 0 bridgehead atoms. The summed E-state index contributed by atoms with van der Waals surface area (Å²) in [5, 5.41) is 8.94. The van der Waals surface area contributed by atoms with Gasteiger partial charge in [-0.2, -0.15) is 0 Å². The second kappa shape index (κ2) is 6.18. The minimum absolute atomic E-state index is 0.0531. The van der Waals surface area contributed by atoms with E-state index in [1.165, 1.54) is 10.4 Å². The highest BCUT2D eigenvalue weighted by Crippen LogP contribution is 2.28. The number of halogens is 1. The van der Waals surface area contributed by atoms with Gasteiger partial charge in [0.25, 0.3) is 0 Å². The Kier molecular flexibility index (Phi) is 5.39. The van der Waals surface area contributed by atoms with Gasteiger partial charge in [0.15, 0.2) is 4.67 Å². The monoisotopic (exact) mass is 339 g/mol. The summed E-state index contributed by atoms with van der Waals surface area (Å²) in [7, 11) is -2.04. The standard InChI is InChI=1S/C11H18BrNO4S/c1-4-8(2)6-13(3)18(15,16)10-5-9(7-14)17-11(10)12/h5,8,14H,4,6-7H2,1-3H3. The smallest absolute Gasteiger partial charge is 0.247 e. The maximum absolute atomic E-state index is 12.3. The van der Waals surface area contributed by atoms with Gasteiger partial charge >= 0.3 is 0 Å². The van der Waals surface area contributed by atoms with Gasteiger partial charge < -0.3 is 9.52 Å². The van der Waals surface area contributed by atoms with E-state index in [1.54, 1.807) is 7.05 Å². The van der Waals surface area contributed by atoms with Crippen molar-refractivity contribution in [3.8, 4) is 0 Å². The van der Waals surface area contributed by atoms with Gasteiger partial charge in [0.2, 0.25) is 10.0 Å². The number of nitrogens with zero attached hydrogens (tertiary/aromatic N) is 1. The van der Waals surface area contributed by atoms with Crippen LogP contribution in [0.1, 0.15) is 26.0 Å². The molecule has 1 aromatic heterocycles. The summed E-state index contributed by atoms with van der Waals surface area (Å²) < 4.78 is 31.1. The molecule has 0 amide bonds. The Balaban J connectivity index is 3.01. The number of hydrogen-bond donors (Lipinski definition) is 1. The quantitative estimate of drug-likeness (QED) is 0.862. The van der Waals surface area contributed by atoms with E-state index in [0.29, 0.717) is 6.54 Å². The van der Waals surface area contributed by atoms with Gasteiger partial charge in [0.05, 0.1) is 0 Å². The Hall–Kier alpha value is -0.370. The van der Waals surface area contributed by atoms with E-state index in [4.69, 9.17) is 9.52 Å². The van der Waals surface area contributed by atoms with Gasteiger partial charge in [0, 0.05) is 19.7 Å². The highest BCUT2D eigenvalue weighted by molar-refractivity contribution is 9.10. The van der Waals surface area contributed by atoms with E-state index in [0.717, 1.165) is 6.42 Å². The third kappa shape index (κ3) is 3.34. The van der Waals surface area contributed by atoms with Gasteiger partial charge in [0.1, 0.15) is 17.3 Å². The molecule has 1 aromatic rings. The second-order valence-corrected chi connectivity index (χ2v) is 7.04. The first-order chi connectivity index (χ1) is 8.32. The zero-order valence-electron chi connectivity index (χ0n) is 10.7. The van der Waals surface area contributed by atoms with Crippen molar-refractivity contribution in [2.45, 2.75) is 31.8 Å². The maximum Gasteiger partial charge on any atom is 0.247 e. The lowest BCUT2D eigenvalue weighted by atomic mass is 10.1. The first kappa shape index (κ1) is 15.7. The van der Waals surface area contributed by atoms with Crippen molar-refractivity contribution < 1.29 is 17.9 Å². The molecular weight excluding hydrogens is 322 g/mol. The molecule has 1 atom stereocenters. The van der Waals surface area contributed by atoms with Gasteiger partial charge in [-0.15, -0.1) is 0 Å². The molecule has 0 aromatic carbocycles. The third-order valence-corrected chi connectivity index (χ3v) is 5.50. The normalized spacial score (nSPS) is 14.1. The van der Waals surface area contributed by atoms with Crippen molar-refractivity contribution in [1.82, 2.24) is 4.31 Å². The molecule has 1 N–H and O–H groups in total. The summed E-state index contributed by atoms with van der Waals surface area (Å²) in [6, 6.07) is 1.34. The van der Waals surface area contributed by atoms with Crippen LogP contribution in [-0.2, 0) is 16.6 Å². The summed E-state index contributed by atoms with van der Waals surface area (Å²) in [6.07, 6.45) is 0.911. The molecule has 1 unspecified atom stereocenters. The van der Waals surface area contributed by atoms with Crippen molar-refractivity contribution in [1.29, 1.82) is 0 Å². The molecule has 0 aliphatic rings. The Labute approximate surface area is 116 Å². The van der Waals surface area contributed by atoms with Crippen LogP contribution < -0.4 is 0 Å². The molecule has 1 heterocycles. The van der Waals surface area contributed by atoms with Crippen molar-refractivity contribution in [2.75, 3.05) is 13.6 Å². The van der Waals surface area contributed by atoms with E-state index in [2.05, 4.69) is 15.9 Å². The molecular formula is C11H18BrNO4S. The summed E-state index contributed by atoms with van der Waals surface area (Å²) in [5.74, 6) is 0.505. The molecule has 5 nitrogen and oxygen atoms in total. The molecule has 0 radical (unpaired) electrons. The molecule has 0 spiro atoms. The lowest BCUT2D eigenvalue weighted by molar-refractivity contribution is 0.245. The molecule has 0 saturated carbocycles. The zero-order valence-corrected chi connectivity index (χ0v) is 13.1. The predicted octanol–water partition coefficient (Wildman–Crippen LogP) is 2.20. The fourth-order valence-corrected chi connectivity index (χ4v) is 3.73. The van der Waals surface area contributed by atoms with Crippen LogP contribution >= 0.6 is 15.9 Å². The Morgan fingerprint density at radius 2 is 2.17 bits per heavy atom. The van der Waals surface area contributed by atoms with Crippen molar-refractivity contribution in [3.05, 3.63) is 16.5 Å². The number of aliphatic hydroxyl groups excluding tert-OH is 1. The molecule has 0 saturated heterocycles. The van der Waals surface area contributed by atoms with Crippen LogP contribution in [0.3, 0.4) is 0 Å². The first-order valence-corrected chi connectivity index (χ1v) is 7.91. The lowest BCUT2D eigenvalue weighted by Crippen LogP contribution is -2.31. The SMILES string of the molecule is CCC(C)CN(C)S(=O)(=O)c1cc(CO)oc1Br. The van der Waals surface area contributed by atoms with Crippen molar-refractivity contribution in [2.24, 2.45) is 5.92 Å². The summed E-state index contributed by atoms with van der Waals surface area (Å²) >= 11 is 3.06. The van der Waals surface area contributed by atoms with Crippen LogP contribution in [-0.4, -0.2) is 31.4 Å². The lowest BCUT2D eigenvalue weighted by Gasteiger charge is -2.19. The van der Waals surface area contributed by atoms with Crippen LogP contribution in [0.5, 0.6) is 0 Å². The van der Waals surface area contributed by atoms with E-state index < -0.39 is 10.0 Å². The molecule has 104 valence electrons. The maximum atomic E-state index is 12.3. The van der Waals surface area contributed by atoms with Crippen LogP contribution in [0, 0.1) is 5.92 Å². The number of sulfonamides is 1. The van der Waals surface area contributed by atoms with Crippen LogP contribution in [0.2, 0.25) is 0 Å². The van der Waals surface area contributed by atoms with Crippen molar-refractivity contribution >= 4 is 26.0 Å². The fourth-order valence-electron chi connectivity index (χ4n) is 1.49. The van der Waals surface area contributed by atoms with Gasteiger partial charge in [-0.3, -0.25) is 0 Å². The molecule has 0 aliphatic carbocycles. The summed E-state index contributed by atoms with van der Waals surface area (Å²) in [5.41, 5.74) is 0. The minimum Gasteiger partial charge on any atom is -0.450 e.